The molecule has 0 atom stereocenters. The number of likely N-dealkylation sites (tertiary alicyclic amines) is 1. The lowest BCUT2D eigenvalue weighted by molar-refractivity contribution is 0.206. The Morgan fingerprint density at radius 3 is 2.35 bits per heavy atom. The second kappa shape index (κ2) is 7.93. The number of nitrogens with zero attached hydrogens (tertiary/aromatic N) is 2. The van der Waals surface area contributed by atoms with Gasteiger partial charge < -0.3 is 4.90 Å². The van der Waals surface area contributed by atoms with Crippen molar-refractivity contribution >= 4 is 11.7 Å². The van der Waals surface area contributed by atoms with Crippen LogP contribution in [0.5, 0.6) is 0 Å². The lowest BCUT2D eigenvalue weighted by atomic mass is 10.2. The molecule has 1 fully saturated rings. The van der Waals surface area contributed by atoms with Crippen molar-refractivity contribution in [1.29, 1.82) is 0 Å². The lowest BCUT2D eigenvalue weighted by Crippen LogP contribution is -2.44. The molecule has 0 bridgehead atoms. The minimum absolute atomic E-state index is 0.187. The quantitative estimate of drug-likeness (QED) is 0.803. The van der Waals surface area contributed by atoms with Gasteiger partial charge in [0.1, 0.15) is 0 Å². The molecule has 1 aromatic carbocycles. The number of urea groups is 1. The van der Waals surface area contributed by atoms with E-state index in [1.807, 2.05) is 40.1 Å². The van der Waals surface area contributed by atoms with Gasteiger partial charge in [0.25, 0.3) is 0 Å². The first-order valence-corrected chi connectivity index (χ1v) is 7.94. The van der Waals surface area contributed by atoms with E-state index >= 15 is 0 Å². The number of hydrogen-bond acceptors (Lipinski definition) is 1. The predicted molar refractivity (Wildman–Crippen MR) is 84.1 cm³/mol. The van der Waals surface area contributed by atoms with Crippen molar-refractivity contribution in [2.24, 2.45) is 0 Å². The zero-order valence-corrected chi connectivity index (χ0v) is 12.6. The van der Waals surface area contributed by atoms with E-state index in [1.54, 1.807) is 0 Å². The third-order valence-corrected chi connectivity index (χ3v) is 3.91. The van der Waals surface area contributed by atoms with Gasteiger partial charge in [0.05, 0.1) is 0 Å². The van der Waals surface area contributed by atoms with Gasteiger partial charge in [-0.1, -0.05) is 44.4 Å². The normalized spacial score (nSPS) is 15.8. The average molecular weight is 274 g/mol. The molecule has 3 heteroatoms. The SMILES string of the molecule is CCCCN(C(=O)N1CCCCCC1)c1ccccc1. The van der Waals surface area contributed by atoms with Gasteiger partial charge in [0, 0.05) is 25.3 Å². The maximum absolute atomic E-state index is 12.8. The fourth-order valence-electron chi connectivity index (χ4n) is 2.69. The van der Waals surface area contributed by atoms with Crippen LogP contribution in [-0.4, -0.2) is 30.6 Å². The molecule has 2 rings (SSSR count). The Labute approximate surface area is 122 Å². The molecule has 110 valence electrons. The van der Waals surface area contributed by atoms with Crippen LogP contribution in [-0.2, 0) is 0 Å². The van der Waals surface area contributed by atoms with E-state index < -0.39 is 0 Å². The number of carbonyl (C=O) groups excluding carboxylic acids is 1. The molecule has 0 unspecified atom stereocenters. The molecule has 1 heterocycles. The number of hydrogen-bond donors (Lipinski definition) is 0. The van der Waals surface area contributed by atoms with E-state index in [1.165, 1.54) is 12.8 Å². The van der Waals surface area contributed by atoms with Crippen molar-refractivity contribution in [2.45, 2.75) is 45.4 Å². The van der Waals surface area contributed by atoms with Crippen LogP contribution in [0.2, 0.25) is 0 Å². The maximum atomic E-state index is 12.8. The number of carbonyl (C=O) groups is 1. The van der Waals surface area contributed by atoms with Gasteiger partial charge in [-0.3, -0.25) is 4.90 Å². The topological polar surface area (TPSA) is 23.6 Å². The number of rotatable bonds is 4. The summed E-state index contributed by atoms with van der Waals surface area (Å²) in [7, 11) is 0. The maximum Gasteiger partial charge on any atom is 0.324 e. The van der Waals surface area contributed by atoms with E-state index in [2.05, 4.69) is 6.92 Å². The fourth-order valence-corrected chi connectivity index (χ4v) is 2.69. The van der Waals surface area contributed by atoms with Crippen LogP contribution in [0, 0.1) is 0 Å². The molecule has 0 saturated carbocycles. The number of anilines is 1. The predicted octanol–water partition coefficient (Wildman–Crippen LogP) is 4.29. The molecule has 1 aromatic rings. The summed E-state index contributed by atoms with van der Waals surface area (Å²) in [5.41, 5.74) is 1.02. The second-order valence-corrected chi connectivity index (χ2v) is 5.52. The standard InChI is InChI=1S/C17H26N2O/c1-2-3-15-19(16-11-7-6-8-12-16)17(20)18-13-9-4-5-10-14-18/h6-8,11-12H,2-5,9-10,13-15H2,1H3. The average Bonchev–Trinajstić information content (AvgIpc) is 2.77. The summed E-state index contributed by atoms with van der Waals surface area (Å²) >= 11 is 0. The first-order valence-electron chi connectivity index (χ1n) is 7.94. The highest BCUT2D eigenvalue weighted by molar-refractivity contribution is 5.92. The Morgan fingerprint density at radius 2 is 1.75 bits per heavy atom. The van der Waals surface area contributed by atoms with Crippen molar-refractivity contribution in [3.63, 3.8) is 0 Å². The summed E-state index contributed by atoms with van der Waals surface area (Å²) in [6, 6.07) is 10.3. The van der Waals surface area contributed by atoms with Crippen LogP contribution in [0.3, 0.4) is 0 Å². The molecule has 0 aliphatic carbocycles. The van der Waals surface area contributed by atoms with Gasteiger partial charge in [-0.15, -0.1) is 0 Å². The van der Waals surface area contributed by atoms with Crippen LogP contribution in [0.4, 0.5) is 10.5 Å². The van der Waals surface area contributed by atoms with Crippen molar-refractivity contribution < 1.29 is 4.79 Å². The number of unbranched alkanes of at least 4 members (excludes halogenated alkanes) is 1. The third kappa shape index (κ3) is 3.99. The van der Waals surface area contributed by atoms with Crippen molar-refractivity contribution in [1.82, 2.24) is 4.90 Å². The molecule has 0 radical (unpaired) electrons. The molecular formula is C17H26N2O. The van der Waals surface area contributed by atoms with Crippen LogP contribution in [0.25, 0.3) is 0 Å². The molecular weight excluding hydrogens is 248 g/mol. The zero-order valence-electron chi connectivity index (χ0n) is 12.6. The van der Waals surface area contributed by atoms with Gasteiger partial charge in [-0.25, -0.2) is 4.79 Å². The van der Waals surface area contributed by atoms with Crippen molar-refractivity contribution in [2.75, 3.05) is 24.5 Å². The molecule has 3 nitrogen and oxygen atoms in total. The zero-order chi connectivity index (χ0) is 14.2. The van der Waals surface area contributed by atoms with E-state index in [9.17, 15) is 4.79 Å². The van der Waals surface area contributed by atoms with Crippen LogP contribution in [0.1, 0.15) is 45.4 Å². The minimum atomic E-state index is 0.187. The lowest BCUT2D eigenvalue weighted by Gasteiger charge is -2.30. The van der Waals surface area contributed by atoms with Gasteiger partial charge in [0.15, 0.2) is 0 Å². The molecule has 1 aliphatic rings. The molecule has 0 aromatic heterocycles. The summed E-state index contributed by atoms with van der Waals surface area (Å²) in [4.78, 5) is 16.8. The van der Waals surface area contributed by atoms with Crippen molar-refractivity contribution in [3.8, 4) is 0 Å². The van der Waals surface area contributed by atoms with Gasteiger partial charge >= 0.3 is 6.03 Å². The highest BCUT2D eigenvalue weighted by Crippen LogP contribution is 2.19. The molecule has 0 spiro atoms. The van der Waals surface area contributed by atoms with Gasteiger partial charge in [0.2, 0.25) is 0 Å². The Bertz CT molecular complexity index is 397. The summed E-state index contributed by atoms with van der Waals surface area (Å²) in [5, 5.41) is 0. The number of benzene rings is 1. The van der Waals surface area contributed by atoms with Crippen LogP contribution < -0.4 is 4.90 Å². The number of amides is 2. The Hall–Kier alpha value is -1.51. The molecule has 0 N–H and O–H groups in total. The van der Waals surface area contributed by atoms with E-state index in [0.717, 1.165) is 51.0 Å². The van der Waals surface area contributed by atoms with E-state index in [0.29, 0.717) is 0 Å². The second-order valence-electron chi connectivity index (χ2n) is 5.52. The molecule has 1 saturated heterocycles. The molecule has 2 amide bonds. The Balaban J connectivity index is 2.10. The van der Waals surface area contributed by atoms with Gasteiger partial charge in [-0.2, -0.15) is 0 Å². The highest BCUT2D eigenvalue weighted by Gasteiger charge is 2.22. The van der Waals surface area contributed by atoms with E-state index in [-0.39, 0.29) is 6.03 Å². The summed E-state index contributed by atoms with van der Waals surface area (Å²) < 4.78 is 0. The first kappa shape index (κ1) is 14.9. The van der Waals surface area contributed by atoms with Gasteiger partial charge in [-0.05, 0) is 31.4 Å². The smallest absolute Gasteiger partial charge is 0.324 e. The molecule has 1 aliphatic heterocycles. The Kier molecular flexibility index (Phi) is 5.90. The van der Waals surface area contributed by atoms with E-state index in [4.69, 9.17) is 0 Å². The Morgan fingerprint density at radius 1 is 1.10 bits per heavy atom. The summed E-state index contributed by atoms with van der Waals surface area (Å²) in [6.07, 6.45) is 6.95. The number of para-hydroxylation sites is 1. The van der Waals surface area contributed by atoms with Crippen molar-refractivity contribution in [3.05, 3.63) is 30.3 Å². The minimum Gasteiger partial charge on any atom is -0.324 e. The van der Waals surface area contributed by atoms with Crippen LogP contribution in [0.15, 0.2) is 30.3 Å². The monoisotopic (exact) mass is 274 g/mol. The third-order valence-electron chi connectivity index (χ3n) is 3.91. The van der Waals surface area contributed by atoms with Crippen LogP contribution >= 0.6 is 0 Å². The highest BCUT2D eigenvalue weighted by atomic mass is 16.2. The largest absolute Gasteiger partial charge is 0.324 e. The molecule has 20 heavy (non-hydrogen) atoms. The summed E-state index contributed by atoms with van der Waals surface area (Å²) in [6.45, 7) is 4.80. The summed E-state index contributed by atoms with van der Waals surface area (Å²) in [5.74, 6) is 0. The first-order chi connectivity index (χ1) is 9.83. The fraction of sp³-hybridized carbons (Fsp3) is 0.588.